The lowest BCUT2D eigenvalue weighted by molar-refractivity contribution is -0.172. The van der Waals surface area contributed by atoms with Crippen molar-refractivity contribution in [3.8, 4) is 22.3 Å². The summed E-state index contributed by atoms with van der Waals surface area (Å²) in [5, 5.41) is 4.90. The van der Waals surface area contributed by atoms with Gasteiger partial charge in [0.15, 0.2) is 0 Å². The van der Waals surface area contributed by atoms with E-state index in [-0.39, 0.29) is 11.6 Å². The van der Waals surface area contributed by atoms with E-state index in [0.717, 1.165) is 46.3 Å². The largest absolute Gasteiger partial charge is 0.453 e. The van der Waals surface area contributed by atoms with E-state index >= 15 is 0 Å². The molecule has 20 heteroatoms. The molecular formula is C44H48F6N8O6. The van der Waals surface area contributed by atoms with Crippen molar-refractivity contribution in [2.75, 3.05) is 27.3 Å². The first-order chi connectivity index (χ1) is 30.2. The maximum Gasteiger partial charge on any atom is 0.407 e. The van der Waals surface area contributed by atoms with Crippen molar-refractivity contribution in [1.82, 2.24) is 40.4 Å². The van der Waals surface area contributed by atoms with Crippen LogP contribution in [0.2, 0.25) is 0 Å². The molecule has 5 aromatic rings. The summed E-state index contributed by atoms with van der Waals surface area (Å²) in [7, 11) is 2.26. The first kappa shape index (κ1) is 45.7. The number of H-pyrrole nitrogens is 2. The lowest BCUT2D eigenvalue weighted by atomic mass is 10.00. The summed E-state index contributed by atoms with van der Waals surface area (Å²) in [6, 6.07) is 13.9. The van der Waals surface area contributed by atoms with Gasteiger partial charge in [-0.15, -0.1) is 0 Å². The van der Waals surface area contributed by atoms with Gasteiger partial charge in [0, 0.05) is 13.1 Å². The number of methoxy groups -OCH3 is 2. The minimum absolute atomic E-state index is 0.183. The van der Waals surface area contributed by atoms with E-state index in [1.54, 1.807) is 52.0 Å². The lowest BCUT2D eigenvalue weighted by Crippen LogP contribution is -2.51. The summed E-state index contributed by atoms with van der Waals surface area (Å²) in [6.45, 7) is 5.48. The van der Waals surface area contributed by atoms with E-state index in [1.807, 2.05) is 36.4 Å². The van der Waals surface area contributed by atoms with Crippen LogP contribution >= 0.6 is 0 Å². The highest BCUT2D eigenvalue weighted by molar-refractivity contribution is 5.88. The fourth-order valence-corrected chi connectivity index (χ4v) is 8.49. The van der Waals surface area contributed by atoms with Gasteiger partial charge in [-0.25, -0.2) is 19.6 Å². The van der Waals surface area contributed by atoms with E-state index in [0.29, 0.717) is 22.1 Å². The Bertz CT molecular complexity index is 2360. The van der Waals surface area contributed by atoms with Gasteiger partial charge < -0.3 is 39.9 Å². The van der Waals surface area contributed by atoms with Crippen LogP contribution in [0.1, 0.15) is 64.3 Å². The number of nitrogens with zero attached hydrogens (tertiary/aromatic N) is 4. The molecule has 6 atom stereocenters. The zero-order valence-corrected chi connectivity index (χ0v) is 35.7. The molecule has 4 amide bonds. The van der Waals surface area contributed by atoms with Crippen LogP contribution < -0.4 is 10.6 Å². The summed E-state index contributed by atoms with van der Waals surface area (Å²) in [5.74, 6) is -5.49. The highest BCUT2D eigenvalue weighted by atomic mass is 19.4. The molecule has 3 aromatic carbocycles. The summed E-state index contributed by atoms with van der Waals surface area (Å²) in [6.07, 6.45) is -11.7. The Morgan fingerprint density at radius 3 is 1.27 bits per heavy atom. The predicted molar refractivity (Wildman–Crippen MR) is 222 cm³/mol. The Hall–Kier alpha value is -6.34. The zero-order chi connectivity index (χ0) is 46.4. The predicted octanol–water partition coefficient (Wildman–Crippen LogP) is 8.44. The number of hydrogen-bond acceptors (Lipinski definition) is 8. The average molecular weight is 899 g/mol. The average Bonchev–Trinajstić information content (AvgIpc) is 4.07. The third kappa shape index (κ3) is 9.31. The molecule has 0 bridgehead atoms. The van der Waals surface area contributed by atoms with Crippen molar-refractivity contribution in [2.24, 2.45) is 23.7 Å². The van der Waals surface area contributed by atoms with Gasteiger partial charge in [0.1, 0.15) is 23.7 Å². The van der Waals surface area contributed by atoms with Gasteiger partial charge >= 0.3 is 24.5 Å². The van der Waals surface area contributed by atoms with E-state index in [9.17, 15) is 45.5 Å². The van der Waals surface area contributed by atoms with Crippen molar-refractivity contribution in [1.29, 1.82) is 0 Å². The minimum Gasteiger partial charge on any atom is -0.453 e. The lowest BCUT2D eigenvalue weighted by Gasteiger charge is -2.30. The number of halogens is 6. The number of benzene rings is 3. The number of carbonyl (C=O) groups is 4. The number of aromatic amines is 2. The van der Waals surface area contributed by atoms with Gasteiger partial charge in [-0.3, -0.25) is 9.59 Å². The number of amides is 4. The molecule has 0 aliphatic carbocycles. The fourth-order valence-electron chi connectivity index (χ4n) is 8.49. The third-order valence-corrected chi connectivity index (χ3v) is 12.1. The molecule has 2 aliphatic rings. The number of alkyl carbamates (subject to hydrolysis) is 2. The van der Waals surface area contributed by atoms with Crippen LogP contribution in [0.5, 0.6) is 0 Å². The summed E-state index contributed by atoms with van der Waals surface area (Å²) < 4.78 is 93.7. The van der Waals surface area contributed by atoms with Crippen LogP contribution in [-0.4, -0.2) is 105 Å². The SMILES string of the molecule is COC(=O)N[C@H](C(=O)N1C[C@@H](C(F)(F)F)C[C@H]1c1nc2cc(-c3ccc(-c4ccc5[nH]c([C@@H]6C[C@H](C(F)(F)F)CN6C(=O)[C@@H](NC(=O)OC)C(C)C)nc5c4)cc3)ccc2[nH]1)C(C)C. The van der Waals surface area contributed by atoms with Crippen LogP contribution in [0.4, 0.5) is 35.9 Å². The van der Waals surface area contributed by atoms with Crippen LogP contribution in [0.3, 0.4) is 0 Å². The molecule has 2 aliphatic heterocycles. The molecular weight excluding hydrogens is 851 g/mol. The number of likely N-dealkylation sites (tertiary alicyclic amines) is 2. The Morgan fingerprint density at radius 2 is 0.953 bits per heavy atom. The number of rotatable bonds is 10. The molecule has 0 spiro atoms. The monoisotopic (exact) mass is 898 g/mol. The van der Waals surface area contributed by atoms with Gasteiger partial charge in [0.2, 0.25) is 11.8 Å². The number of hydrogen-bond donors (Lipinski definition) is 4. The number of carbonyl (C=O) groups excluding carboxylic acids is 4. The first-order valence-corrected chi connectivity index (χ1v) is 20.7. The minimum atomic E-state index is -4.57. The maximum atomic E-state index is 14.1. The van der Waals surface area contributed by atoms with E-state index in [2.05, 4.69) is 40.0 Å². The molecule has 14 nitrogen and oxygen atoms in total. The van der Waals surface area contributed by atoms with E-state index < -0.39 is 110 Å². The number of nitrogens with one attached hydrogen (secondary N) is 4. The highest BCUT2D eigenvalue weighted by Gasteiger charge is 2.52. The van der Waals surface area contributed by atoms with Gasteiger partial charge in [0.05, 0.1) is 60.2 Å². The molecule has 4 N–H and O–H groups in total. The molecule has 64 heavy (non-hydrogen) atoms. The topological polar surface area (TPSA) is 175 Å². The first-order valence-electron chi connectivity index (χ1n) is 20.7. The Balaban J connectivity index is 1.12. The van der Waals surface area contributed by atoms with Crippen molar-refractivity contribution < 1.29 is 55.0 Å². The van der Waals surface area contributed by atoms with E-state index in [1.165, 1.54) is 0 Å². The molecule has 7 rings (SSSR count). The Labute approximate surface area is 363 Å². The molecule has 2 aromatic heterocycles. The summed E-state index contributed by atoms with van der Waals surface area (Å²) >= 11 is 0. The Morgan fingerprint density at radius 1 is 0.609 bits per heavy atom. The normalized spacial score (nSPS) is 20.3. The van der Waals surface area contributed by atoms with Gasteiger partial charge in [-0.05, 0) is 71.2 Å². The molecule has 2 fully saturated rings. The second-order valence-electron chi connectivity index (χ2n) is 17.0. The van der Waals surface area contributed by atoms with Gasteiger partial charge in [-0.2, -0.15) is 26.3 Å². The number of imidazole rings is 2. The number of ether oxygens (including phenoxy) is 2. The molecule has 342 valence electrons. The molecule has 0 radical (unpaired) electrons. The van der Waals surface area contributed by atoms with Crippen LogP contribution in [0, 0.1) is 23.7 Å². The molecule has 0 saturated carbocycles. The van der Waals surface area contributed by atoms with Crippen LogP contribution in [0.15, 0.2) is 60.7 Å². The molecule has 4 heterocycles. The maximum absolute atomic E-state index is 14.1. The number of fused-ring (bicyclic) bond motifs is 2. The van der Waals surface area contributed by atoms with Gasteiger partial charge in [0.25, 0.3) is 0 Å². The summed E-state index contributed by atoms with van der Waals surface area (Å²) in [5.41, 5.74) is 5.15. The quantitative estimate of drug-likeness (QED) is 0.101. The summed E-state index contributed by atoms with van der Waals surface area (Å²) in [4.78, 5) is 69.3. The number of aromatic nitrogens is 4. The zero-order valence-electron chi connectivity index (χ0n) is 35.7. The highest BCUT2D eigenvalue weighted by Crippen LogP contribution is 2.45. The third-order valence-electron chi connectivity index (χ3n) is 12.1. The Kier molecular flexibility index (Phi) is 12.6. The van der Waals surface area contributed by atoms with Crippen LogP contribution in [-0.2, 0) is 19.1 Å². The molecule has 2 saturated heterocycles. The fraction of sp³-hybridized carbons (Fsp3) is 0.455. The number of alkyl halides is 6. The van der Waals surface area contributed by atoms with Gasteiger partial charge in [-0.1, -0.05) is 64.1 Å². The second-order valence-corrected chi connectivity index (χ2v) is 17.0. The standard InChI is InChI=1S/C44H48F6N8O6/c1-21(2)35(55-41(61)63-5)39(59)57-19-27(43(45,46)47)17-33(57)37-51-29-13-11-25(15-31(29)53-37)23-7-9-24(10-8-23)26-12-14-30-32(16-26)54-38(52-30)34-18-28(44(48,49)50)20-58(34)40(60)36(22(3)4)56-42(62)64-6/h7-16,21-22,27-28,33-36H,17-20H2,1-6H3,(H,51,53)(H,52,54)(H,55,61)(H,56,62)/t27-,28-,33-,34-,35-,36-/m0/s1. The van der Waals surface area contributed by atoms with Crippen molar-refractivity contribution in [3.63, 3.8) is 0 Å². The van der Waals surface area contributed by atoms with Crippen LogP contribution in [0.25, 0.3) is 44.3 Å². The smallest absolute Gasteiger partial charge is 0.407 e. The van der Waals surface area contributed by atoms with Crippen molar-refractivity contribution in [3.05, 3.63) is 72.3 Å². The van der Waals surface area contributed by atoms with Crippen molar-refractivity contribution >= 4 is 46.1 Å². The second kappa shape index (κ2) is 17.7. The van der Waals surface area contributed by atoms with Crippen molar-refractivity contribution in [2.45, 2.75) is 77.1 Å². The van der Waals surface area contributed by atoms with E-state index in [4.69, 9.17) is 0 Å². The molecule has 0 unspecified atom stereocenters.